The third-order valence-electron chi connectivity index (χ3n) is 7.11. The van der Waals surface area contributed by atoms with Gasteiger partial charge in [-0.1, -0.05) is 44.9 Å². The SMILES string of the molecule is CC(C)C1=CC2=CCC3[C@@](CO)(C(=O)O)CCC[C@]3(C)[C@@H]2CC1. The van der Waals surface area contributed by atoms with Crippen LogP contribution in [-0.2, 0) is 4.79 Å². The Balaban J connectivity index is 2.02. The maximum absolute atomic E-state index is 12.0. The van der Waals surface area contributed by atoms with E-state index in [-0.39, 0.29) is 17.9 Å². The zero-order chi connectivity index (χ0) is 16.8. The Bertz CT molecular complexity index is 559. The van der Waals surface area contributed by atoms with Crippen molar-refractivity contribution in [3.63, 3.8) is 0 Å². The molecule has 0 heterocycles. The molecule has 0 aromatic rings. The summed E-state index contributed by atoms with van der Waals surface area (Å²) in [5.74, 6) is 0.287. The van der Waals surface area contributed by atoms with Crippen LogP contribution in [0.15, 0.2) is 23.3 Å². The van der Waals surface area contributed by atoms with E-state index in [9.17, 15) is 15.0 Å². The summed E-state index contributed by atoms with van der Waals surface area (Å²) in [6, 6.07) is 0. The van der Waals surface area contributed by atoms with E-state index in [1.165, 1.54) is 11.1 Å². The average molecular weight is 318 g/mol. The van der Waals surface area contributed by atoms with Crippen LogP contribution in [0.3, 0.4) is 0 Å². The number of hydrogen-bond acceptors (Lipinski definition) is 2. The van der Waals surface area contributed by atoms with E-state index in [0.717, 1.165) is 32.1 Å². The number of fused-ring (bicyclic) bond motifs is 3. The summed E-state index contributed by atoms with van der Waals surface area (Å²) in [5, 5.41) is 19.8. The molecule has 1 unspecified atom stereocenters. The Morgan fingerprint density at radius 3 is 2.74 bits per heavy atom. The molecule has 0 spiro atoms. The predicted octanol–water partition coefficient (Wildman–Crippen LogP) is 4.18. The number of hydrogen-bond donors (Lipinski definition) is 2. The lowest BCUT2D eigenvalue weighted by molar-refractivity contribution is -0.170. The molecular formula is C20H30O3. The highest BCUT2D eigenvalue weighted by atomic mass is 16.4. The monoisotopic (exact) mass is 318 g/mol. The van der Waals surface area contributed by atoms with Gasteiger partial charge in [0, 0.05) is 0 Å². The van der Waals surface area contributed by atoms with E-state index in [4.69, 9.17) is 0 Å². The standard InChI is InChI=1S/C20H30O3/c1-13(2)14-5-7-16-15(11-14)6-8-17-19(16,3)9-4-10-20(17,12-21)18(22)23/h6,11,13,16-17,21H,4-5,7-10,12H2,1-3H3,(H,22,23)/t16-,17?,19-,20-/m1/s1. The lowest BCUT2D eigenvalue weighted by atomic mass is 9.46. The molecule has 3 heteroatoms. The van der Waals surface area contributed by atoms with E-state index < -0.39 is 11.4 Å². The summed E-state index contributed by atoms with van der Waals surface area (Å²) >= 11 is 0. The minimum absolute atomic E-state index is 0.00244. The molecule has 1 saturated carbocycles. The number of carboxylic acid groups (broad SMARTS) is 1. The first-order valence-electron chi connectivity index (χ1n) is 9.10. The van der Waals surface area contributed by atoms with Crippen LogP contribution in [-0.4, -0.2) is 22.8 Å². The van der Waals surface area contributed by atoms with Crippen LogP contribution in [0, 0.1) is 28.6 Å². The van der Waals surface area contributed by atoms with Crippen molar-refractivity contribution >= 4 is 5.97 Å². The second kappa shape index (κ2) is 5.77. The maximum Gasteiger partial charge on any atom is 0.312 e. The zero-order valence-electron chi connectivity index (χ0n) is 14.6. The van der Waals surface area contributed by atoms with Crippen molar-refractivity contribution in [2.75, 3.05) is 6.61 Å². The quantitative estimate of drug-likeness (QED) is 0.821. The largest absolute Gasteiger partial charge is 0.481 e. The van der Waals surface area contributed by atoms with E-state index in [0.29, 0.717) is 18.3 Å². The van der Waals surface area contributed by atoms with E-state index in [2.05, 4.69) is 32.9 Å². The number of aliphatic hydroxyl groups excluding tert-OH is 1. The van der Waals surface area contributed by atoms with Crippen molar-refractivity contribution in [3.05, 3.63) is 23.3 Å². The minimum Gasteiger partial charge on any atom is -0.481 e. The topological polar surface area (TPSA) is 57.5 Å². The van der Waals surface area contributed by atoms with Crippen LogP contribution in [0.2, 0.25) is 0 Å². The number of rotatable bonds is 3. The fourth-order valence-corrected chi connectivity index (χ4v) is 5.67. The molecule has 0 radical (unpaired) electrons. The smallest absolute Gasteiger partial charge is 0.312 e. The number of aliphatic hydroxyl groups is 1. The van der Waals surface area contributed by atoms with Gasteiger partial charge in [0.05, 0.1) is 12.0 Å². The van der Waals surface area contributed by atoms with Crippen LogP contribution >= 0.6 is 0 Å². The molecule has 4 atom stereocenters. The molecule has 1 fully saturated rings. The number of aliphatic carboxylic acids is 1. The Hall–Kier alpha value is -1.09. The van der Waals surface area contributed by atoms with Gasteiger partial charge in [-0.2, -0.15) is 0 Å². The Kier molecular flexibility index (Phi) is 4.20. The first-order valence-corrected chi connectivity index (χ1v) is 9.10. The summed E-state index contributed by atoms with van der Waals surface area (Å²) in [6.07, 6.45) is 10.3. The molecular weight excluding hydrogens is 288 g/mol. The molecule has 0 saturated heterocycles. The van der Waals surface area contributed by atoms with Crippen LogP contribution in [0.1, 0.15) is 59.3 Å². The van der Waals surface area contributed by atoms with Crippen LogP contribution in [0.25, 0.3) is 0 Å². The minimum atomic E-state index is -0.947. The first kappa shape index (κ1) is 16.8. The van der Waals surface area contributed by atoms with Crippen molar-refractivity contribution in [2.24, 2.45) is 28.6 Å². The van der Waals surface area contributed by atoms with Gasteiger partial charge < -0.3 is 10.2 Å². The third-order valence-corrected chi connectivity index (χ3v) is 7.11. The van der Waals surface area contributed by atoms with E-state index in [1.807, 2.05) is 0 Å². The van der Waals surface area contributed by atoms with Crippen LogP contribution < -0.4 is 0 Å². The molecule has 0 bridgehead atoms. The number of carbonyl (C=O) groups is 1. The Morgan fingerprint density at radius 1 is 1.39 bits per heavy atom. The van der Waals surface area contributed by atoms with Gasteiger partial charge in [0.15, 0.2) is 0 Å². The molecule has 0 aliphatic heterocycles. The average Bonchev–Trinajstić information content (AvgIpc) is 2.52. The summed E-state index contributed by atoms with van der Waals surface area (Å²) in [4.78, 5) is 12.0. The highest BCUT2D eigenvalue weighted by Gasteiger charge is 2.59. The van der Waals surface area contributed by atoms with Crippen molar-refractivity contribution in [1.82, 2.24) is 0 Å². The second-order valence-electron chi connectivity index (χ2n) is 8.44. The van der Waals surface area contributed by atoms with Crippen molar-refractivity contribution in [1.29, 1.82) is 0 Å². The molecule has 128 valence electrons. The Labute approximate surface area is 139 Å². The van der Waals surface area contributed by atoms with Gasteiger partial charge >= 0.3 is 5.97 Å². The lowest BCUT2D eigenvalue weighted by Crippen LogP contribution is -2.55. The zero-order valence-corrected chi connectivity index (χ0v) is 14.6. The third kappa shape index (κ3) is 2.39. The van der Waals surface area contributed by atoms with Gasteiger partial charge in [-0.05, 0) is 60.8 Å². The van der Waals surface area contributed by atoms with Gasteiger partial charge in [0.25, 0.3) is 0 Å². The van der Waals surface area contributed by atoms with Crippen LogP contribution in [0.5, 0.6) is 0 Å². The number of carboxylic acids is 1. The van der Waals surface area contributed by atoms with Crippen molar-refractivity contribution < 1.29 is 15.0 Å². The summed E-state index contributed by atoms with van der Waals surface area (Å²) in [7, 11) is 0. The maximum atomic E-state index is 12.0. The predicted molar refractivity (Wildman–Crippen MR) is 90.9 cm³/mol. The molecule has 2 N–H and O–H groups in total. The van der Waals surface area contributed by atoms with Gasteiger partial charge in [-0.15, -0.1) is 0 Å². The van der Waals surface area contributed by atoms with E-state index >= 15 is 0 Å². The molecule has 23 heavy (non-hydrogen) atoms. The van der Waals surface area contributed by atoms with Gasteiger partial charge in [-0.3, -0.25) is 4.79 Å². The summed E-state index contributed by atoms with van der Waals surface area (Å²) < 4.78 is 0. The van der Waals surface area contributed by atoms with Gasteiger partial charge in [0.2, 0.25) is 0 Å². The summed E-state index contributed by atoms with van der Waals surface area (Å²) in [6.45, 7) is 6.56. The van der Waals surface area contributed by atoms with Crippen molar-refractivity contribution in [3.8, 4) is 0 Å². The van der Waals surface area contributed by atoms with Gasteiger partial charge in [0.1, 0.15) is 0 Å². The van der Waals surface area contributed by atoms with Gasteiger partial charge in [-0.25, -0.2) is 0 Å². The highest BCUT2D eigenvalue weighted by molar-refractivity contribution is 5.76. The first-order chi connectivity index (χ1) is 10.8. The lowest BCUT2D eigenvalue weighted by Gasteiger charge is -2.57. The molecule has 0 aromatic carbocycles. The number of allylic oxidation sites excluding steroid dienone is 4. The molecule has 0 aromatic heterocycles. The highest BCUT2D eigenvalue weighted by Crippen LogP contribution is 2.62. The normalized spacial score (nSPS) is 40.0. The van der Waals surface area contributed by atoms with Crippen LogP contribution in [0.4, 0.5) is 0 Å². The Morgan fingerprint density at radius 2 is 2.13 bits per heavy atom. The van der Waals surface area contributed by atoms with Crippen molar-refractivity contribution in [2.45, 2.75) is 59.3 Å². The molecule has 0 amide bonds. The van der Waals surface area contributed by atoms with E-state index in [1.54, 1.807) is 0 Å². The molecule has 3 rings (SSSR count). The molecule has 3 aliphatic carbocycles. The molecule has 3 nitrogen and oxygen atoms in total. The fourth-order valence-electron chi connectivity index (χ4n) is 5.67. The molecule has 3 aliphatic rings. The summed E-state index contributed by atoms with van der Waals surface area (Å²) in [5.41, 5.74) is 2.01. The second-order valence-corrected chi connectivity index (χ2v) is 8.44. The fraction of sp³-hybridized carbons (Fsp3) is 0.750.